The second-order valence-electron chi connectivity index (χ2n) is 8.69. The molecule has 0 aromatic heterocycles. The van der Waals surface area contributed by atoms with Gasteiger partial charge in [-0.3, -0.25) is 14.4 Å². The van der Waals surface area contributed by atoms with Gasteiger partial charge in [0.05, 0.1) is 11.3 Å². The molecule has 6 nitrogen and oxygen atoms in total. The minimum absolute atomic E-state index is 0.195. The Hall–Kier alpha value is -4.19. The molecule has 172 valence electrons. The van der Waals surface area contributed by atoms with Crippen LogP contribution in [0.2, 0.25) is 0 Å². The number of nitrogens with one attached hydrogen (secondary N) is 2. The van der Waals surface area contributed by atoms with Crippen LogP contribution in [0.5, 0.6) is 0 Å². The van der Waals surface area contributed by atoms with Gasteiger partial charge in [0, 0.05) is 18.3 Å². The van der Waals surface area contributed by atoms with Gasteiger partial charge in [0.1, 0.15) is 5.70 Å². The Bertz CT molecular complexity index is 1350. The fourth-order valence-electron chi connectivity index (χ4n) is 4.21. The second kappa shape index (κ2) is 8.98. The quantitative estimate of drug-likeness (QED) is 0.516. The first kappa shape index (κ1) is 23.0. The van der Waals surface area contributed by atoms with Gasteiger partial charge < -0.3 is 10.6 Å². The molecule has 3 aromatic carbocycles. The summed E-state index contributed by atoms with van der Waals surface area (Å²) in [7, 11) is 0. The number of hydrogen-bond acceptors (Lipinski definition) is 4. The van der Waals surface area contributed by atoms with Crippen LogP contribution >= 0.6 is 0 Å². The number of carbonyl (C=O) groups excluding carboxylic acids is 3. The van der Waals surface area contributed by atoms with Gasteiger partial charge in [-0.05, 0) is 74.7 Å². The smallest absolute Gasteiger partial charge is 0.282 e. The maximum Gasteiger partial charge on any atom is 0.282 e. The van der Waals surface area contributed by atoms with Crippen molar-refractivity contribution in [2.45, 2.75) is 34.6 Å². The number of imide groups is 1. The fraction of sp³-hybridized carbons (Fsp3) is 0.179. The van der Waals surface area contributed by atoms with E-state index in [2.05, 4.69) is 10.6 Å². The number of carbonyl (C=O) groups is 3. The first-order valence-corrected chi connectivity index (χ1v) is 11.1. The Morgan fingerprint density at radius 1 is 0.765 bits per heavy atom. The summed E-state index contributed by atoms with van der Waals surface area (Å²) >= 11 is 0. The minimum atomic E-state index is -0.424. The van der Waals surface area contributed by atoms with E-state index in [1.54, 1.807) is 24.3 Å². The van der Waals surface area contributed by atoms with Crippen LogP contribution in [-0.4, -0.2) is 17.7 Å². The van der Waals surface area contributed by atoms with Gasteiger partial charge in [-0.2, -0.15) is 0 Å². The molecule has 0 unspecified atom stereocenters. The van der Waals surface area contributed by atoms with Crippen molar-refractivity contribution in [1.82, 2.24) is 0 Å². The molecule has 1 aliphatic rings. The van der Waals surface area contributed by atoms with Crippen LogP contribution < -0.4 is 15.5 Å². The van der Waals surface area contributed by atoms with E-state index in [1.807, 2.05) is 64.1 Å². The van der Waals surface area contributed by atoms with Crippen LogP contribution in [0.15, 0.2) is 66.4 Å². The molecular formula is C28H27N3O3. The summed E-state index contributed by atoms with van der Waals surface area (Å²) in [5.41, 5.74) is 7.18. The number of aryl methyl sites for hydroxylation is 4. The van der Waals surface area contributed by atoms with Crippen molar-refractivity contribution in [3.63, 3.8) is 0 Å². The summed E-state index contributed by atoms with van der Waals surface area (Å²) in [4.78, 5) is 39.8. The molecule has 0 aliphatic carbocycles. The third-order valence-corrected chi connectivity index (χ3v) is 5.82. The molecule has 0 spiro atoms. The summed E-state index contributed by atoms with van der Waals surface area (Å²) in [6, 6.07) is 18.4. The number of rotatable bonds is 5. The number of hydrogen-bond donors (Lipinski definition) is 2. The third-order valence-electron chi connectivity index (χ3n) is 5.82. The predicted molar refractivity (Wildman–Crippen MR) is 136 cm³/mol. The van der Waals surface area contributed by atoms with Crippen LogP contribution in [0.3, 0.4) is 0 Å². The van der Waals surface area contributed by atoms with E-state index >= 15 is 0 Å². The zero-order valence-electron chi connectivity index (χ0n) is 19.9. The molecule has 3 aromatic rings. The molecule has 1 aliphatic heterocycles. The zero-order chi connectivity index (χ0) is 24.6. The highest BCUT2D eigenvalue weighted by Crippen LogP contribution is 2.36. The maximum absolute atomic E-state index is 13.7. The Morgan fingerprint density at radius 2 is 1.38 bits per heavy atom. The molecule has 34 heavy (non-hydrogen) atoms. The lowest BCUT2D eigenvalue weighted by Gasteiger charge is -2.16. The number of amides is 3. The van der Waals surface area contributed by atoms with Gasteiger partial charge in [0.25, 0.3) is 11.8 Å². The van der Waals surface area contributed by atoms with Crippen molar-refractivity contribution in [3.8, 4) is 0 Å². The van der Waals surface area contributed by atoms with Crippen molar-refractivity contribution in [1.29, 1.82) is 0 Å². The average molecular weight is 454 g/mol. The molecule has 6 heteroatoms. The number of benzene rings is 3. The number of anilines is 3. The highest BCUT2D eigenvalue weighted by Gasteiger charge is 2.40. The summed E-state index contributed by atoms with van der Waals surface area (Å²) in [5.74, 6) is -1.01. The van der Waals surface area contributed by atoms with Gasteiger partial charge in [-0.25, -0.2) is 4.90 Å². The van der Waals surface area contributed by atoms with E-state index in [4.69, 9.17) is 0 Å². The van der Waals surface area contributed by atoms with Crippen LogP contribution in [0.1, 0.15) is 34.7 Å². The van der Waals surface area contributed by atoms with Crippen molar-refractivity contribution in [2.24, 2.45) is 0 Å². The van der Waals surface area contributed by atoms with Gasteiger partial charge in [-0.15, -0.1) is 0 Å². The van der Waals surface area contributed by atoms with E-state index in [1.165, 1.54) is 11.8 Å². The molecule has 2 N–H and O–H groups in total. The van der Waals surface area contributed by atoms with Crippen LogP contribution in [0.4, 0.5) is 17.1 Å². The predicted octanol–water partition coefficient (Wildman–Crippen LogP) is 5.28. The molecule has 3 amide bonds. The van der Waals surface area contributed by atoms with Crippen molar-refractivity contribution >= 4 is 40.4 Å². The summed E-state index contributed by atoms with van der Waals surface area (Å²) in [6.45, 7) is 9.32. The van der Waals surface area contributed by atoms with Gasteiger partial charge in [0.15, 0.2) is 0 Å². The van der Waals surface area contributed by atoms with Gasteiger partial charge >= 0.3 is 0 Å². The minimum Gasteiger partial charge on any atom is -0.350 e. The molecule has 0 atom stereocenters. The van der Waals surface area contributed by atoms with E-state index < -0.39 is 11.8 Å². The molecule has 0 radical (unpaired) electrons. The maximum atomic E-state index is 13.7. The zero-order valence-corrected chi connectivity index (χ0v) is 19.9. The van der Waals surface area contributed by atoms with Gasteiger partial charge in [0.2, 0.25) is 5.91 Å². The lowest BCUT2D eigenvalue weighted by atomic mass is 9.97. The highest BCUT2D eigenvalue weighted by atomic mass is 16.2. The van der Waals surface area contributed by atoms with Crippen LogP contribution in [-0.2, 0) is 14.4 Å². The largest absolute Gasteiger partial charge is 0.350 e. The molecule has 0 saturated carbocycles. The van der Waals surface area contributed by atoms with Crippen LogP contribution in [0.25, 0.3) is 5.57 Å². The molecular weight excluding hydrogens is 426 g/mol. The topological polar surface area (TPSA) is 78.5 Å². The van der Waals surface area contributed by atoms with Crippen molar-refractivity contribution in [2.75, 3.05) is 15.5 Å². The molecule has 4 rings (SSSR count). The SMILES string of the molecule is CC(=O)Nc1ccc(N2C(=O)C(Nc3ccc(C)cc3C)=C(c3ccc(C)cc3C)C2=O)cc1. The van der Waals surface area contributed by atoms with Crippen molar-refractivity contribution < 1.29 is 14.4 Å². The molecule has 1 heterocycles. The Kier molecular flexibility index (Phi) is 6.07. The number of nitrogens with zero attached hydrogens (tertiary/aromatic N) is 1. The lowest BCUT2D eigenvalue weighted by molar-refractivity contribution is -0.120. The average Bonchev–Trinajstić information content (AvgIpc) is 3.00. The standard InChI is InChI=1S/C28H27N3O3/c1-16-6-12-23(18(3)14-16)25-26(30-24-13-7-17(2)15-19(24)4)28(34)31(27(25)33)22-10-8-21(9-11-22)29-20(5)32/h6-15,30H,1-5H3,(H,29,32). The van der Waals surface area contributed by atoms with E-state index in [-0.39, 0.29) is 11.6 Å². The van der Waals surface area contributed by atoms with E-state index in [0.29, 0.717) is 22.5 Å². The Morgan fingerprint density at radius 3 is 1.97 bits per heavy atom. The van der Waals surface area contributed by atoms with E-state index in [9.17, 15) is 14.4 Å². The summed E-state index contributed by atoms with van der Waals surface area (Å²) < 4.78 is 0. The van der Waals surface area contributed by atoms with Crippen LogP contribution in [0, 0.1) is 27.7 Å². The monoisotopic (exact) mass is 453 g/mol. The first-order valence-electron chi connectivity index (χ1n) is 11.1. The Balaban J connectivity index is 1.80. The third kappa shape index (κ3) is 4.35. The summed E-state index contributed by atoms with van der Waals surface area (Å²) in [5, 5.41) is 5.95. The summed E-state index contributed by atoms with van der Waals surface area (Å²) in [6.07, 6.45) is 0. The lowest BCUT2D eigenvalue weighted by Crippen LogP contribution is -2.32. The highest BCUT2D eigenvalue weighted by molar-refractivity contribution is 6.46. The first-order chi connectivity index (χ1) is 16.2. The second-order valence-corrected chi connectivity index (χ2v) is 8.69. The van der Waals surface area contributed by atoms with Gasteiger partial charge in [-0.1, -0.05) is 41.5 Å². The molecule has 0 saturated heterocycles. The Labute approximate surface area is 199 Å². The normalized spacial score (nSPS) is 13.5. The fourth-order valence-corrected chi connectivity index (χ4v) is 4.21. The molecule has 0 bridgehead atoms. The van der Waals surface area contributed by atoms with E-state index in [0.717, 1.165) is 27.9 Å². The molecule has 0 fully saturated rings. The van der Waals surface area contributed by atoms with Crippen molar-refractivity contribution in [3.05, 3.63) is 94.2 Å².